The quantitative estimate of drug-likeness (QED) is 0.488. The van der Waals surface area contributed by atoms with Crippen LogP contribution in [0.5, 0.6) is 0 Å². The van der Waals surface area contributed by atoms with Gasteiger partial charge in [-0.25, -0.2) is 14.6 Å². The molecule has 0 aliphatic carbocycles. The number of hydrogen-bond acceptors (Lipinski definition) is 6. The number of nitrogens with zero attached hydrogens (tertiary/aromatic N) is 6. The number of rotatable bonds is 7. The molecule has 8 nitrogen and oxygen atoms in total. The summed E-state index contributed by atoms with van der Waals surface area (Å²) in [5, 5.41) is 11.3. The second-order valence-electron chi connectivity index (χ2n) is 8.14. The van der Waals surface area contributed by atoms with E-state index < -0.39 is 0 Å². The maximum absolute atomic E-state index is 12.7. The molecule has 0 unspecified atom stereocenters. The van der Waals surface area contributed by atoms with E-state index in [1.165, 1.54) is 17.5 Å². The Hall–Kier alpha value is -3.81. The van der Waals surface area contributed by atoms with E-state index in [-0.39, 0.29) is 17.7 Å². The number of anilines is 1. The van der Waals surface area contributed by atoms with Crippen LogP contribution in [0, 0.1) is 5.92 Å². The Morgan fingerprint density at radius 2 is 1.69 bits per heavy atom. The van der Waals surface area contributed by atoms with Crippen molar-refractivity contribution in [1.82, 2.24) is 30.3 Å². The van der Waals surface area contributed by atoms with E-state index in [0.29, 0.717) is 30.8 Å². The lowest BCUT2D eigenvalue weighted by Gasteiger charge is -2.38. The fraction of sp³-hybridized carbons (Fsp3) is 0.292. The molecule has 0 atom stereocenters. The summed E-state index contributed by atoms with van der Waals surface area (Å²) in [4.78, 5) is 23.4. The molecule has 2 aromatic carbocycles. The molecule has 1 N–H and O–H groups in total. The van der Waals surface area contributed by atoms with Crippen molar-refractivity contribution in [3.8, 4) is 0 Å². The van der Waals surface area contributed by atoms with E-state index in [2.05, 4.69) is 79.0 Å². The molecule has 1 aliphatic rings. The molecule has 0 radical (unpaired) electrons. The van der Waals surface area contributed by atoms with Gasteiger partial charge in [-0.1, -0.05) is 65.9 Å². The predicted molar refractivity (Wildman–Crippen MR) is 122 cm³/mol. The van der Waals surface area contributed by atoms with Gasteiger partial charge >= 0.3 is 0 Å². The van der Waals surface area contributed by atoms with Gasteiger partial charge in [0.25, 0.3) is 0 Å². The Kier molecular flexibility index (Phi) is 5.49. The second-order valence-corrected chi connectivity index (χ2v) is 8.14. The largest absolute Gasteiger partial charge is 0.356 e. The number of amides is 1. The first-order chi connectivity index (χ1) is 15.7. The van der Waals surface area contributed by atoms with Gasteiger partial charge in [-0.05, 0) is 17.5 Å². The summed E-state index contributed by atoms with van der Waals surface area (Å²) in [5.74, 6) is 1.02. The average molecular weight is 428 g/mol. The Morgan fingerprint density at radius 1 is 1.03 bits per heavy atom. The highest BCUT2D eigenvalue weighted by atomic mass is 16.2. The Morgan fingerprint density at radius 3 is 2.34 bits per heavy atom. The van der Waals surface area contributed by atoms with Crippen LogP contribution in [0.25, 0.3) is 11.2 Å². The lowest BCUT2D eigenvalue weighted by Crippen LogP contribution is -2.54. The van der Waals surface area contributed by atoms with Crippen LogP contribution < -0.4 is 10.2 Å². The zero-order valence-electron chi connectivity index (χ0n) is 17.9. The highest BCUT2D eigenvalue weighted by Crippen LogP contribution is 2.29. The normalized spacial score (nSPS) is 14.0. The maximum atomic E-state index is 12.7. The third-order valence-electron chi connectivity index (χ3n) is 6.06. The van der Waals surface area contributed by atoms with Gasteiger partial charge in [-0.2, -0.15) is 0 Å². The number of nitrogens with one attached hydrogen (secondary N) is 1. The van der Waals surface area contributed by atoms with E-state index in [9.17, 15) is 4.79 Å². The van der Waals surface area contributed by atoms with E-state index in [4.69, 9.17) is 0 Å². The van der Waals surface area contributed by atoms with Crippen molar-refractivity contribution in [2.45, 2.75) is 12.3 Å². The van der Waals surface area contributed by atoms with Crippen LogP contribution in [-0.4, -0.2) is 50.5 Å². The summed E-state index contributed by atoms with van der Waals surface area (Å²) in [6.07, 6.45) is 2.37. The summed E-state index contributed by atoms with van der Waals surface area (Å²) in [7, 11) is 1.80. The topological polar surface area (TPSA) is 88.8 Å². The summed E-state index contributed by atoms with van der Waals surface area (Å²) in [5.41, 5.74) is 3.89. The molecule has 4 aromatic rings. The first kappa shape index (κ1) is 20.1. The first-order valence-corrected chi connectivity index (χ1v) is 10.8. The molecular weight excluding hydrogens is 402 g/mol. The molecule has 1 saturated heterocycles. The molecule has 162 valence electrons. The number of aromatic nitrogens is 5. The Bertz CT molecular complexity index is 1160. The molecule has 0 bridgehead atoms. The fourth-order valence-corrected chi connectivity index (χ4v) is 4.27. The number of benzene rings is 2. The van der Waals surface area contributed by atoms with Crippen LogP contribution >= 0.6 is 0 Å². The molecule has 1 fully saturated rings. The van der Waals surface area contributed by atoms with Gasteiger partial charge in [0.05, 0.1) is 5.92 Å². The smallest absolute Gasteiger partial charge is 0.226 e. The molecule has 0 spiro atoms. The second kappa shape index (κ2) is 8.74. The highest BCUT2D eigenvalue weighted by molar-refractivity contribution is 5.86. The minimum absolute atomic E-state index is 0.0522. The predicted octanol–water partition coefficient (Wildman–Crippen LogP) is 2.53. The lowest BCUT2D eigenvalue weighted by atomic mass is 9.88. The molecular formula is C24H25N7O. The van der Waals surface area contributed by atoms with Crippen molar-refractivity contribution in [1.29, 1.82) is 0 Å². The monoisotopic (exact) mass is 427 g/mol. The van der Waals surface area contributed by atoms with Crippen LogP contribution in [-0.2, 0) is 11.8 Å². The molecule has 8 heteroatoms. The number of hydrogen-bond donors (Lipinski definition) is 1. The molecule has 0 saturated carbocycles. The van der Waals surface area contributed by atoms with Gasteiger partial charge in [0, 0.05) is 32.6 Å². The molecule has 3 heterocycles. The van der Waals surface area contributed by atoms with Crippen LogP contribution in [0.3, 0.4) is 0 Å². The van der Waals surface area contributed by atoms with E-state index >= 15 is 0 Å². The molecule has 2 aromatic heterocycles. The van der Waals surface area contributed by atoms with Gasteiger partial charge in [0.1, 0.15) is 6.33 Å². The zero-order valence-corrected chi connectivity index (χ0v) is 17.9. The van der Waals surface area contributed by atoms with E-state index in [1.54, 1.807) is 11.7 Å². The van der Waals surface area contributed by atoms with Gasteiger partial charge in [0.2, 0.25) is 5.91 Å². The summed E-state index contributed by atoms with van der Waals surface area (Å²) < 4.78 is 1.63. The third kappa shape index (κ3) is 3.91. The maximum Gasteiger partial charge on any atom is 0.226 e. The van der Waals surface area contributed by atoms with Crippen molar-refractivity contribution in [3.05, 3.63) is 78.1 Å². The zero-order chi connectivity index (χ0) is 21.9. The fourth-order valence-electron chi connectivity index (χ4n) is 4.27. The standard InChI is InChI=1S/C24H25N7O/c1-30-22-21(28-29-30)23(27-16-26-22)31-14-19(15-31)24(32)25-13-12-20(17-8-4-2-5-9-17)18-10-6-3-7-11-18/h2-11,16,19-20H,12-15H2,1H3,(H,25,32). The van der Waals surface area contributed by atoms with Crippen LogP contribution in [0.1, 0.15) is 23.5 Å². The SMILES string of the molecule is Cn1nnc2c(N3CC(C(=O)NCCC(c4ccccc4)c4ccccc4)C3)ncnc21. The number of aryl methyl sites for hydroxylation is 1. The van der Waals surface area contributed by atoms with Gasteiger partial charge in [-0.3, -0.25) is 4.79 Å². The lowest BCUT2D eigenvalue weighted by molar-refractivity contribution is -0.125. The molecule has 1 amide bonds. The number of carbonyl (C=O) groups excluding carboxylic acids is 1. The van der Waals surface area contributed by atoms with Crippen molar-refractivity contribution < 1.29 is 4.79 Å². The van der Waals surface area contributed by atoms with Gasteiger partial charge in [0.15, 0.2) is 17.0 Å². The number of carbonyl (C=O) groups is 1. The summed E-state index contributed by atoms with van der Waals surface area (Å²) in [6.45, 7) is 1.87. The average Bonchev–Trinajstić information content (AvgIpc) is 3.18. The van der Waals surface area contributed by atoms with Gasteiger partial charge in [-0.15, -0.1) is 5.10 Å². The molecule has 1 aliphatic heterocycles. The molecule has 32 heavy (non-hydrogen) atoms. The minimum atomic E-state index is -0.0522. The Labute approximate surface area is 186 Å². The van der Waals surface area contributed by atoms with E-state index in [0.717, 1.165) is 12.2 Å². The van der Waals surface area contributed by atoms with Crippen molar-refractivity contribution in [2.75, 3.05) is 24.5 Å². The third-order valence-corrected chi connectivity index (χ3v) is 6.06. The molecule has 5 rings (SSSR count). The highest BCUT2D eigenvalue weighted by Gasteiger charge is 2.35. The van der Waals surface area contributed by atoms with Crippen LogP contribution in [0.4, 0.5) is 5.82 Å². The van der Waals surface area contributed by atoms with Gasteiger partial charge < -0.3 is 10.2 Å². The summed E-state index contributed by atoms with van der Waals surface area (Å²) >= 11 is 0. The van der Waals surface area contributed by atoms with Crippen LogP contribution in [0.15, 0.2) is 67.0 Å². The minimum Gasteiger partial charge on any atom is -0.356 e. The van der Waals surface area contributed by atoms with Crippen LogP contribution in [0.2, 0.25) is 0 Å². The van der Waals surface area contributed by atoms with Crippen molar-refractivity contribution >= 4 is 22.9 Å². The first-order valence-electron chi connectivity index (χ1n) is 10.8. The summed E-state index contributed by atoms with van der Waals surface area (Å²) in [6, 6.07) is 20.9. The Balaban J connectivity index is 1.18. The van der Waals surface area contributed by atoms with Crippen molar-refractivity contribution in [3.63, 3.8) is 0 Å². The number of fused-ring (bicyclic) bond motifs is 1. The van der Waals surface area contributed by atoms with Crippen molar-refractivity contribution in [2.24, 2.45) is 13.0 Å². The van der Waals surface area contributed by atoms with E-state index in [1.807, 2.05) is 12.1 Å².